The van der Waals surface area contributed by atoms with E-state index in [1.165, 1.54) is 0 Å². The topological polar surface area (TPSA) is 42.1 Å². The molecule has 0 saturated heterocycles. The molecule has 0 saturated carbocycles. The molecule has 0 unspecified atom stereocenters. The van der Waals surface area contributed by atoms with Crippen LogP contribution < -0.4 is 4.74 Å². The Morgan fingerprint density at radius 2 is 2.07 bits per heavy atom. The fraction of sp³-hybridized carbons (Fsp3) is 0. The summed E-state index contributed by atoms with van der Waals surface area (Å²) >= 11 is 0. The van der Waals surface area contributed by atoms with Crippen LogP contribution in [-0.4, -0.2) is 49.2 Å². The van der Waals surface area contributed by atoms with Crippen molar-refractivity contribution in [1.29, 1.82) is 0 Å². The average molecular weight is 240 g/mol. The van der Waals surface area contributed by atoms with Gasteiger partial charge in [0.25, 0.3) is 6.47 Å². The second kappa shape index (κ2) is 6.30. The van der Waals surface area contributed by atoms with Crippen molar-refractivity contribution in [3.63, 3.8) is 0 Å². The Morgan fingerprint density at radius 1 is 1.36 bits per heavy atom. The van der Waals surface area contributed by atoms with Crippen LogP contribution >= 0.6 is 12.4 Å². The van der Waals surface area contributed by atoms with Crippen LogP contribution in [0.2, 0.25) is 0 Å². The van der Waals surface area contributed by atoms with Crippen molar-refractivity contribution in [2.45, 2.75) is 0 Å². The maximum Gasteiger partial charge on any atom is 2.00 e. The van der Waals surface area contributed by atoms with E-state index in [4.69, 9.17) is 4.74 Å². The second-order valence-electron chi connectivity index (χ2n) is 2.41. The van der Waals surface area contributed by atoms with Gasteiger partial charge in [-0.2, -0.15) is 0 Å². The van der Waals surface area contributed by atoms with E-state index in [-0.39, 0.29) is 53.0 Å². The Kier molecular flexibility index (Phi) is 6.20. The summed E-state index contributed by atoms with van der Waals surface area (Å²) in [6.07, 6.45) is 1.67. The second-order valence-corrected chi connectivity index (χ2v) is 2.41. The fourth-order valence-corrected chi connectivity index (χ4v) is 1.19. The van der Waals surface area contributed by atoms with Gasteiger partial charge in [0.1, 0.15) is 0 Å². The number of nitrogens with one attached hydrogen (secondary N) is 1. The SMILES string of the molecule is Cl.O=COc1c[nH]c2ccccc12.[Ca+2].[H-].[H-]. The molecule has 0 radical (unpaired) electrons. The smallest absolute Gasteiger partial charge is 1.00 e. The van der Waals surface area contributed by atoms with E-state index >= 15 is 0 Å². The maximum atomic E-state index is 10.1. The molecule has 0 aliphatic heterocycles. The van der Waals surface area contributed by atoms with Crippen LogP contribution in [-0.2, 0) is 4.79 Å². The number of H-pyrrole nitrogens is 1. The number of aromatic amines is 1. The van der Waals surface area contributed by atoms with Crippen molar-refractivity contribution in [3.8, 4) is 5.75 Å². The summed E-state index contributed by atoms with van der Waals surface area (Å²) in [5.41, 5.74) is 0.967. The third-order valence-electron chi connectivity index (χ3n) is 1.73. The molecule has 5 heteroatoms. The number of carbonyl (C=O) groups is 1. The first-order chi connectivity index (χ1) is 5.92. The van der Waals surface area contributed by atoms with Gasteiger partial charge in [-0.1, -0.05) is 12.1 Å². The van der Waals surface area contributed by atoms with Crippen LogP contribution in [0.15, 0.2) is 30.5 Å². The van der Waals surface area contributed by atoms with Crippen LogP contribution in [0.25, 0.3) is 10.9 Å². The third-order valence-corrected chi connectivity index (χ3v) is 1.73. The maximum absolute atomic E-state index is 10.1. The van der Waals surface area contributed by atoms with Gasteiger partial charge >= 0.3 is 37.7 Å². The average Bonchev–Trinajstić information content (AvgIpc) is 2.50. The van der Waals surface area contributed by atoms with E-state index < -0.39 is 0 Å². The van der Waals surface area contributed by atoms with E-state index in [1.54, 1.807) is 6.20 Å². The zero-order valence-electron chi connectivity index (χ0n) is 9.40. The molecule has 0 amide bonds. The number of halogens is 1. The zero-order chi connectivity index (χ0) is 8.39. The molecule has 2 aromatic rings. The van der Waals surface area contributed by atoms with Crippen molar-refractivity contribution in [2.24, 2.45) is 0 Å². The molecule has 0 bridgehead atoms. The summed E-state index contributed by atoms with van der Waals surface area (Å²) in [4.78, 5) is 13.1. The number of benzene rings is 1. The number of ether oxygens (including phenoxy) is 1. The van der Waals surface area contributed by atoms with Gasteiger partial charge in [0.15, 0.2) is 5.75 Å². The summed E-state index contributed by atoms with van der Waals surface area (Å²) in [7, 11) is 0. The van der Waals surface area contributed by atoms with Gasteiger partial charge in [0.2, 0.25) is 0 Å². The number of para-hydroxylation sites is 1. The first-order valence-corrected chi connectivity index (χ1v) is 3.58. The normalized spacial score (nSPS) is 8.57. The van der Waals surface area contributed by atoms with E-state index in [1.807, 2.05) is 24.3 Å². The van der Waals surface area contributed by atoms with Crippen molar-refractivity contribution in [3.05, 3.63) is 30.5 Å². The number of fused-ring (bicyclic) bond motifs is 1. The monoisotopic (exact) mass is 239 g/mol. The largest absolute Gasteiger partial charge is 2.00 e. The number of aromatic nitrogens is 1. The van der Waals surface area contributed by atoms with Crippen molar-refractivity contribution >= 4 is 67.5 Å². The Labute approximate surface area is 120 Å². The van der Waals surface area contributed by atoms with Crippen LogP contribution in [0.1, 0.15) is 2.85 Å². The molecule has 0 atom stereocenters. The summed E-state index contributed by atoms with van der Waals surface area (Å²) < 4.78 is 4.75. The van der Waals surface area contributed by atoms with Crippen molar-refractivity contribution < 1.29 is 12.4 Å². The molecule has 72 valence electrons. The molecular formula is C9H10CaClNO2. The molecule has 14 heavy (non-hydrogen) atoms. The molecule has 0 spiro atoms. The first-order valence-electron chi connectivity index (χ1n) is 3.58. The molecule has 1 aromatic carbocycles. The van der Waals surface area contributed by atoms with Crippen LogP contribution in [0.4, 0.5) is 0 Å². The van der Waals surface area contributed by atoms with Crippen LogP contribution in [0, 0.1) is 0 Å². The Balaban J connectivity index is -0.000000422. The predicted molar refractivity (Wildman–Crippen MR) is 60.2 cm³/mol. The molecule has 0 aliphatic carbocycles. The number of carbonyl (C=O) groups excluding carboxylic acids is 1. The van der Waals surface area contributed by atoms with Gasteiger partial charge in [0.05, 0.1) is 0 Å². The molecule has 1 aromatic heterocycles. The van der Waals surface area contributed by atoms with Crippen LogP contribution in [0.3, 0.4) is 0 Å². The minimum absolute atomic E-state index is 0. The standard InChI is InChI=1S/C9H7NO2.Ca.ClH.2H/c11-6-12-9-5-10-8-4-2-1-3-7(8)9;;;;/h1-6,10H;;1H;;/q;+2;;2*-1. The minimum atomic E-state index is 0. The molecule has 1 N–H and O–H groups in total. The van der Waals surface area contributed by atoms with E-state index in [2.05, 4.69) is 4.98 Å². The third kappa shape index (κ3) is 2.64. The number of hydrogen-bond acceptors (Lipinski definition) is 2. The molecular weight excluding hydrogens is 230 g/mol. The number of rotatable bonds is 2. The Morgan fingerprint density at radius 3 is 2.79 bits per heavy atom. The molecule has 0 fully saturated rings. The fourth-order valence-electron chi connectivity index (χ4n) is 1.19. The molecule has 0 aliphatic rings. The Hall–Kier alpha value is -0.220. The first kappa shape index (κ1) is 13.8. The van der Waals surface area contributed by atoms with Gasteiger partial charge in [-0.3, -0.25) is 4.79 Å². The van der Waals surface area contributed by atoms with Gasteiger partial charge < -0.3 is 12.6 Å². The van der Waals surface area contributed by atoms with Gasteiger partial charge in [-0.15, -0.1) is 12.4 Å². The quantitative estimate of drug-likeness (QED) is 0.643. The summed E-state index contributed by atoms with van der Waals surface area (Å²) in [5, 5.41) is 0.921. The van der Waals surface area contributed by atoms with E-state index in [9.17, 15) is 4.79 Å². The van der Waals surface area contributed by atoms with E-state index in [0.717, 1.165) is 10.9 Å². The van der Waals surface area contributed by atoms with Crippen LogP contribution in [0.5, 0.6) is 5.75 Å². The summed E-state index contributed by atoms with van der Waals surface area (Å²) in [6, 6.07) is 7.63. The predicted octanol–water partition coefficient (Wildman–Crippen LogP) is 1.97. The number of hydrogen-bond donors (Lipinski definition) is 1. The van der Waals surface area contributed by atoms with E-state index in [0.29, 0.717) is 12.2 Å². The van der Waals surface area contributed by atoms with Crippen molar-refractivity contribution in [2.75, 3.05) is 0 Å². The molecule has 2 rings (SSSR count). The van der Waals surface area contributed by atoms with Gasteiger partial charge in [-0.25, -0.2) is 0 Å². The molecule has 3 nitrogen and oxygen atoms in total. The van der Waals surface area contributed by atoms with Gasteiger partial charge in [-0.05, 0) is 12.1 Å². The summed E-state index contributed by atoms with van der Waals surface area (Å²) in [5.74, 6) is 0.570. The zero-order valence-corrected chi connectivity index (χ0v) is 10.4. The Bertz CT molecular complexity index is 425. The van der Waals surface area contributed by atoms with Crippen molar-refractivity contribution in [1.82, 2.24) is 4.98 Å². The summed E-state index contributed by atoms with van der Waals surface area (Å²) in [6.45, 7) is 0.426. The minimum Gasteiger partial charge on any atom is -1.00 e. The molecule has 1 heterocycles. The van der Waals surface area contributed by atoms with Gasteiger partial charge in [0, 0.05) is 17.1 Å².